The van der Waals surface area contributed by atoms with Crippen LogP contribution >= 0.6 is 24.0 Å². The molecule has 1 heterocycles. The first-order chi connectivity index (χ1) is 6.34. The fourth-order valence-electron chi connectivity index (χ4n) is 1.35. The molecule has 0 amide bonds. The third kappa shape index (κ3) is 3.97. The zero-order chi connectivity index (χ0) is 9.52. The number of nitrogens with zero attached hydrogens (tertiary/aromatic N) is 2. The molecule has 72 valence electrons. The van der Waals surface area contributed by atoms with Crippen molar-refractivity contribution >= 4 is 28.3 Å². The SMILES string of the molecule is N#CCCSC(=S)N1CCCCC1. The van der Waals surface area contributed by atoms with Crippen LogP contribution in [0.2, 0.25) is 0 Å². The molecule has 0 aromatic heterocycles. The smallest absolute Gasteiger partial charge is 0.136 e. The first-order valence-electron chi connectivity index (χ1n) is 4.63. The fourth-order valence-corrected chi connectivity index (χ4v) is 2.52. The Hall–Kier alpha value is -0.270. The van der Waals surface area contributed by atoms with Gasteiger partial charge in [0.1, 0.15) is 4.32 Å². The number of nitriles is 1. The van der Waals surface area contributed by atoms with Crippen LogP contribution in [0.3, 0.4) is 0 Å². The van der Waals surface area contributed by atoms with Gasteiger partial charge in [0.25, 0.3) is 0 Å². The number of thiocarbonyl (C=S) groups is 1. The summed E-state index contributed by atoms with van der Waals surface area (Å²) in [4.78, 5) is 2.26. The Bertz CT molecular complexity index is 204. The van der Waals surface area contributed by atoms with Gasteiger partial charge >= 0.3 is 0 Å². The molecule has 0 aromatic carbocycles. The minimum Gasteiger partial charge on any atom is -0.358 e. The molecule has 13 heavy (non-hydrogen) atoms. The highest BCUT2D eigenvalue weighted by Crippen LogP contribution is 2.16. The molecule has 0 bridgehead atoms. The van der Waals surface area contributed by atoms with E-state index in [1.807, 2.05) is 0 Å². The summed E-state index contributed by atoms with van der Waals surface area (Å²) in [7, 11) is 0. The van der Waals surface area contributed by atoms with Gasteiger partial charge in [-0.1, -0.05) is 24.0 Å². The molecular weight excluding hydrogens is 200 g/mol. The molecule has 1 aliphatic heterocycles. The van der Waals surface area contributed by atoms with Crippen LogP contribution in [0.5, 0.6) is 0 Å². The van der Waals surface area contributed by atoms with E-state index in [2.05, 4.69) is 11.0 Å². The van der Waals surface area contributed by atoms with Gasteiger partial charge < -0.3 is 4.90 Å². The van der Waals surface area contributed by atoms with Crippen LogP contribution in [-0.2, 0) is 0 Å². The molecule has 0 N–H and O–H groups in total. The summed E-state index contributed by atoms with van der Waals surface area (Å²) in [6.45, 7) is 2.22. The second-order valence-corrected chi connectivity index (χ2v) is 4.80. The summed E-state index contributed by atoms with van der Waals surface area (Å²) >= 11 is 6.91. The highest BCUT2D eigenvalue weighted by atomic mass is 32.2. The predicted molar refractivity (Wildman–Crippen MR) is 60.7 cm³/mol. The van der Waals surface area contributed by atoms with E-state index in [-0.39, 0.29) is 0 Å². The van der Waals surface area contributed by atoms with Gasteiger partial charge in [-0.2, -0.15) is 5.26 Å². The molecule has 0 aromatic rings. The molecule has 1 rings (SSSR count). The van der Waals surface area contributed by atoms with E-state index >= 15 is 0 Å². The van der Waals surface area contributed by atoms with Crippen LogP contribution in [0.15, 0.2) is 0 Å². The Kier molecular flexibility index (Phi) is 5.18. The number of piperidine rings is 1. The van der Waals surface area contributed by atoms with Crippen molar-refractivity contribution in [2.45, 2.75) is 25.7 Å². The normalized spacial score (nSPS) is 16.7. The zero-order valence-corrected chi connectivity index (χ0v) is 9.29. The second-order valence-electron chi connectivity index (χ2n) is 3.07. The van der Waals surface area contributed by atoms with Crippen LogP contribution < -0.4 is 0 Å². The molecule has 2 nitrogen and oxygen atoms in total. The van der Waals surface area contributed by atoms with Crippen molar-refractivity contribution in [3.63, 3.8) is 0 Å². The first kappa shape index (κ1) is 10.8. The van der Waals surface area contributed by atoms with Crippen molar-refractivity contribution in [1.82, 2.24) is 4.90 Å². The summed E-state index contributed by atoms with van der Waals surface area (Å²) in [6.07, 6.45) is 4.46. The number of hydrogen-bond acceptors (Lipinski definition) is 3. The van der Waals surface area contributed by atoms with Gasteiger partial charge in [0.05, 0.1) is 6.07 Å². The molecule has 1 aliphatic rings. The maximum atomic E-state index is 8.37. The lowest BCUT2D eigenvalue weighted by Gasteiger charge is -2.28. The third-order valence-corrected chi connectivity index (χ3v) is 3.58. The topological polar surface area (TPSA) is 27.0 Å². The van der Waals surface area contributed by atoms with Gasteiger partial charge in [0.2, 0.25) is 0 Å². The van der Waals surface area contributed by atoms with Crippen LogP contribution in [0.25, 0.3) is 0 Å². The molecule has 0 saturated carbocycles. The molecule has 0 aliphatic carbocycles. The average Bonchev–Trinajstić information content (AvgIpc) is 2.19. The highest BCUT2D eigenvalue weighted by molar-refractivity contribution is 8.22. The Morgan fingerprint density at radius 2 is 2.08 bits per heavy atom. The predicted octanol–water partition coefficient (Wildman–Crippen LogP) is 2.40. The Balaban J connectivity index is 2.18. The van der Waals surface area contributed by atoms with Gasteiger partial charge in [-0.15, -0.1) is 0 Å². The van der Waals surface area contributed by atoms with E-state index in [1.165, 1.54) is 19.3 Å². The average molecular weight is 214 g/mol. The Morgan fingerprint density at radius 1 is 1.38 bits per heavy atom. The highest BCUT2D eigenvalue weighted by Gasteiger charge is 2.12. The lowest BCUT2D eigenvalue weighted by molar-refractivity contribution is 0.352. The van der Waals surface area contributed by atoms with E-state index in [0.717, 1.165) is 23.2 Å². The summed E-state index contributed by atoms with van der Waals surface area (Å²) < 4.78 is 0.981. The third-order valence-electron chi connectivity index (χ3n) is 2.05. The van der Waals surface area contributed by atoms with Gasteiger partial charge in [-0.25, -0.2) is 0 Å². The number of hydrogen-bond donors (Lipinski definition) is 0. The first-order valence-corrected chi connectivity index (χ1v) is 6.02. The maximum absolute atomic E-state index is 8.37. The van der Waals surface area contributed by atoms with Gasteiger partial charge in [0, 0.05) is 25.3 Å². The van der Waals surface area contributed by atoms with Crippen molar-refractivity contribution in [1.29, 1.82) is 5.26 Å². The van der Waals surface area contributed by atoms with Crippen molar-refractivity contribution in [2.75, 3.05) is 18.8 Å². The fraction of sp³-hybridized carbons (Fsp3) is 0.778. The molecule has 1 saturated heterocycles. The number of likely N-dealkylation sites (tertiary alicyclic amines) is 1. The lowest BCUT2D eigenvalue weighted by atomic mass is 10.1. The molecule has 1 fully saturated rings. The second kappa shape index (κ2) is 6.22. The van der Waals surface area contributed by atoms with Crippen LogP contribution in [-0.4, -0.2) is 28.1 Å². The summed E-state index contributed by atoms with van der Waals surface area (Å²) in [5.41, 5.74) is 0. The number of thioether (sulfide) groups is 1. The van der Waals surface area contributed by atoms with Crippen LogP contribution in [0, 0.1) is 11.3 Å². The monoisotopic (exact) mass is 214 g/mol. The van der Waals surface area contributed by atoms with Crippen molar-refractivity contribution in [3.05, 3.63) is 0 Å². The van der Waals surface area contributed by atoms with Gasteiger partial charge in [0.15, 0.2) is 0 Å². The maximum Gasteiger partial charge on any atom is 0.136 e. The van der Waals surface area contributed by atoms with Crippen LogP contribution in [0.4, 0.5) is 0 Å². The summed E-state index contributed by atoms with van der Waals surface area (Å²) in [5, 5.41) is 8.37. The quantitative estimate of drug-likeness (QED) is 0.521. The van der Waals surface area contributed by atoms with Crippen LogP contribution in [0.1, 0.15) is 25.7 Å². The van der Waals surface area contributed by atoms with E-state index < -0.39 is 0 Å². The minimum absolute atomic E-state index is 0.596. The molecule has 4 heteroatoms. The minimum atomic E-state index is 0.596. The largest absolute Gasteiger partial charge is 0.358 e. The Morgan fingerprint density at radius 3 is 2.69 bits per heavy atom. The van der Waals surface area contributed by atoms with E-state index in [0.29, 0.717) is 6.42 Å². The lowest BCUT2D eigenvalue weighted by Crippen LogP contribution is -2.32. The van der Waals surface area contributed by atoms with Crippen molar-refractivity contribution in [2.24, 2.45) is 0 Å². The Labute approximate surface area is 89.3 Å². The van der Waals surface area contributed by atoms with E-state index in [4.69, 9.17) is 17.5 Å². The molecule has 0 spiro atoms. The molecule has 0 unspecified atom stereocenters. The van der Waals surface area contributed by atoms with E-state index in [9.17, 15) is 0 Å². The summed E-state index contributed by atoms with van der Waals surface area (Å²) in [6, 6.07) is 2.13. The molecular formula is C9H14N2S2. The standard InChI is InChI=1S/C9H14N2S2/c10-5-4-8-13-9(12)11-6-2-1-3-7-11/h1-4,6-8H2. The van der Waals surface area contributed by atoms with Gasteiger partial charge in [-0.05, 0) is 19.3 Å². The summed E-state index contributed by atoms with van der Waals surface area (Å²) in [5.74, 6) is 0.839. The zero-order valence-electron chi connectivity index (χ0n) is 7.66. The number of rotatable bonds is 2. The van der Waals surface area contributed by atoms with Crippen molar-refractivity contribution in [3.8, 4) is 6.07 Å². The van der Waals surface area contributed by atoms with Gasteiger partial charge in [-0.3, -0.25) is 0 Å². The molecule has 0 atom stereocenters. The molecule has 0 radical (unpaired) electrons. The van der Waals surface area contributed by atoms with Crippen molar-refractivity contribution < 1.29 is 0 Å². The van der Waals surface area contributed by atoms with E-state index in [1.54, 1.807) is 11.8 Å².